The van der Waals surface area contributed by atoms with Crippen LogP contribution in [0.1, 0.15) is 27.2 Å². The third-order valence-corrected chi connectivity index (χ3v) is 5.33. The van der Waals surface area contributed by atoms with Crippen LogP contribution < -0.4 is 0 Å². The highest BCUT2D eigenvalue weighted by molar-refractivity contribution is 8.04. The largest absolute Gasteiger partial charge is 0.447 e. The lowest BCUT2D eigenvalue weighted by atomic mass is 10.3. The predicted molar refractivity (Wildman–Crippen MR) is 79.3 cm³/mol. The first kappa shape index (κ1) is 16.4. The molecule has 0 amide bonds. The number of ether oxygens (including phenoxy) is 2. The van der Waals surface area contributed by atoms with Crippen molar-refractivity contribution in [1.29, 1.82) is 0 Å². The van der Waals surface area contributed by atoms with Gasteiger partial charge in [0, 0.05) is 11.3 Å². The average molecular weight is 304 g/mol. The molecular weight excluding hydrogens is 284 g/mol. The van der Waals surface area contributed by atoms with Crippen LogP contribution in [0.5, 0.6) is 0 Å². The van der Waals surface area contributed by atoms with Gasteiger partial charge < -0.3 is 9.47 Å². The molecule has 1 saturated heterocycles. The minimum Gasteiger partial charge on any atom is -0.447 e. The Kier molecular flexibility index (Phi) is 6.26. The topological polar surface area (TPSA) is 52.6 Å². The van der Waals surface area contributed by atoms with E-state index in [1.807, 2.05) is 6.92 Å². The van der Waals surface area contributed by atoms with Crippen LogP contribution in [-0.2, 0) is 19.1 Å². The first-order valence-corrected chi connectivity index (χ1v) is 8.29. The Balaban J connectivity index is 2.52. The highest BCUT2D eigenvalue weighted by Gasteiger charge is 2.33. The summed E-state index contributed by atoms with van der Waals surface area (Å²) in [7, 11) is 0. The minimum absolute atomic E-state index is 0.269. The Bertz CT molecular complexity index is 360. The van der Waals surface area contributed by atoms with E-state index in [4.69, 9.17) is 9.47 Å². The number of carbonyl (C=O) groups excluding carboxylic acids is 2. The SMILES string of the molecule is C=C(C)C(=O)OC(C)C(=O)OC1(C)CSCCCS1. The van der Waals surface area contributed by atoms with E-state index in [1.54, 1.807) is 30.4 Å². The number of carbonyl (C=O) groups is 2. The molecule has 2 atom stereocenters. The Morgan fingerprint density at radius 2 is 2.05 bits per heavy atom. The van der Waals surface area contributed by atoms with Crippen LogP contribution in [0.15, 0.2) is 12.2 Å². The first-order chi connectivity index (χ1) is 8.84. The number of thioether (sulfide) groups is 2. The van der Waals surface area contributed by atoms with E-state index in [9.17, 15) is 9.59 Å². The predicted octanol–water partition coefficient (Wildman–Crippen LogP) is 2.62. The molecule has 1 rings (SSSR count). The fraction of sp³-hybridized carbons (Fsp3) is 0.692. The fourth-order valence-electron chi connectivity index (χ4n) is 1.41. The van der Waals surface area contributed by atoms with Gasteiger partial charge in [0.05, 0.1) is 0 Å². The molecule has 0 spiro atoms. The molecule has 1 fully saturated rings. The van der Waals surface area contributed by atoms with Crippen molar-refractivity contribution in [2.45, 2.75) is 38.2 Å². The number of hydrogen-bond acceptors (Lipinski definition) is 6. The van der Waals surface area contributed by atoms with Crippen LogP contribution in [0, 0.1) is 0 Å². The summed E-state index contributed by atoms with van der Waals surface area (Å²) in [5, 5.41) is 0. The Morgan fingerprint density at radius 1 is 1.37 bits per heavy atom. The van der Waals surface area contributed by atoms with Crippen LogP contribution in [0.25, 0.3) is 0 Å². The van der Waals surface area contributed by atoms with E-state index in [1.165, 1.54) is 6.92 Å². The van der Waals surface area contributed by atoms with E-state index in [0.717, 1.165) is 23.7 Å². The summed E-state index contributed by atoms with van der Waals surface area (Å²) in [5.41, 5.74) is 0.269. The van der Waals surface area contributed by atoms with E-state index in [-0.39, 0.29) is 5.57 Å². The molecule has 1 aliphatic heterocycles. The molecule has 0 aliphatic carbocycles. The quantitative estimate of drug-likeness (QED) is 0.588. The summed E-state index contributed by atoms with van der Waals surface area (Å²) in [5.74, 6) is 1.73. The third-order valence-electron chi connectivity index (χ3n) is 2.49. The van der Waals surface area contributed by atoms with Gasteiger partial charge in [0.2, 0.25) is 0 Å². The fourth-order valence-corrected chi connectivity index (χ4v) is 3.96. The molecular formula is C13H20O4S2. The lowest BCUT2D eigenvalue weighted by molar-refractivity contribution is -0.168. The zero-order chi connectivity index (χ0) is 14.5. The normalized spacial score (nSPS) is 25.0. The Labute approximate surface area is 122 Å². The smallest absolute Gasteiger partial charge is 0.348 e. The van der Waals surface area contributed by atoms with Gasteiger partial charge >= 0.3 is 11.9 Å². The van der Waals surface area contributed by atoms with E-state index in [0.29, 0.717) is 0 Å². The maximum atomic E-state index is 11.9. The molecule has 0 bridgehead atoms. The van der Waals surface area contributed by atoms with E-state index < -0.39 is 23.0 Å². The molecule has 0 aromatic heterocycles. The van der Waals surface area contributed by atoms with Gasteiger partial charge in [-0.3, -0.25) is 0 Å². The maximum absolute atomic E-state index is 11.9. The standard InChI is InChI=1S/C13H20O4S2/c1-9(2)11(14)16-10(3)12(15)17-13(4)8-18-6-5-7-19-13/h10H,1,5-8H2,2-4H3. The number of rotatable bonds is 4. The van der Waals surface area contributed by atoms with Crippen molar-refractivity contribution in [3.05, 3.63) is 12.2 Å². The Morgan fingerprint density at radius 3 is 2.68 bits per heavy atom. The number of hydrogen-bond donors (Lipinski definition) is 0. The summed E-state index contributed by atoms with van der Waals surface area (Å²) in [6.45, 7) is 8.44. The van der Waals surface area contributed by atoms with Crippen molar-refractivity contribution < 1.29 is 19.1 Å². The van der Waals surface area contributed by atoms with Crippen LogP contribution in [0.2, 0.25) is 0 Å². The molecule has 0 saturated carbocycles. The summed E-state index contributed by atoms with van der Waals surface area (Å²) in [6.07, 6.45) is 0.206. The summed E-state index contributed by atoms with van der Waals surface area (Å²) >= 11 is 3.41. The Hall–Kier alpha value is -0.620. The molecule has 0 radical (unpaired) electrons. The molecule has 0 N–H and O–H groups in total. The van der Waals surface area contributed by atoms with Gasteiger partial charge in [0.1, 0.15) is 0 Å². The molecule has 0 aromatic rings. The van der Waals surface area contributed by atoms with Gasteiger partial charge in [-0.15, -0.1) is 11.8 Å². The van der Waals surface area contributed by atoms with E-state index in [2.05, 4.69) is 6.58 Å². The maximum Gasteiger partial charge on any atom is 0.348 e. The first-order valence-electron chi connectivity index (χ1n) is 6.15. The molecule has 19 heavy (non-hydrogen) atoms. The number of esters is 2. The van der Waals surface area contributed by atoms with E-state index >= 15 is 0 Å². The zero-order valence-electron chi connectivity index (χ0n) is 11.6. The highest BCUT2D eigenvalue weighted by Crippen LogP contribution is 2.34. The lowest BCUT2D eigenvalue weighted by Crippen LogP contribution is -2.36. The summed E-state index contributed by atoms with van der Waals surface area (Å²) in [6, 6.07) is 0. The average Bonchev–Trinajstić information content (AvgIpc) is 2.53. The molecule has 4 nitrogen and oxygen atoms in total. The molecule has 0 aromatic carbocycles. The van der Waals surface area contributed by atoms with Crippen LogP contribution in [-0.4, -0.2) is 40.2 Å². The summed E-state index contributed by atoms with van der Waals surface area (Å²) in [4.78, 5) is 22.7. The lowest BCUT2D eigenvalue weighted by Gasteiger charge is -2.28. The second-order valence-electron chi connectivity index (χ2n) is 4.64. The zero-order valence-corrected chi connectivity index (χ0v) is 13.2. The van der Waals surface area contributed by atoms with Crippen molar-refractivity contribution in [3.8, 4) is 0 Å². The van der Waals surface area contributed by atoms with Crippen molar-refractivity contribution >= 4 is 35.5 Å². The van der Waals surface area contributed by atoms with Crippen LogP contribution in [0.4, 0.5) is 0 Å². The molecule has 1 heterocycles. The second kappa shape index (κ2) is 7.24. The molecule has 6 heteroatoms. The van der Waals surface area contributed by atoms with Gasteiger partial charge in [-0.05, 0) is 38.7 Å². The molecule has 1 aliphatic rings. The van der Waals surface area contributed by atoms with Crippen molar-refractivity contribution in [1.82, 2.24) is 0 Å². The summed E-state index contributed by atoms with van der Waals surface area (Å²) < 4.78 is 10.5. The molecule has 2 unspecified atom stereocenters. The van der Waals surface area contributed by atoms with Crippen molar-refractivity contribution in [2.24, 2.45) is 0 Å². The van der Waals surface area contributed by atoms with Crippen LogP contribution in [0.3, 0.4) is 0 Å². The monoisotopic (exact) mass is 304 g/mol. The van der Waals surface area contributed by atoms with Gasteiger partial charge in [-0.1, -0.05) is 6.58 Å². The van der Waals surface area contributed by atoms with Crippen molar-refractivity contribution in [2.75, 3.05) is 17.3 Å². The molecule has 108 valence electrons. The van der Waals surface area contributed by atoms with Gasteiger partial charge in [0.15, 0.2) is 11.0 Å². The minimum atomic E-state index is -0.908. The van der Waals surface area contributed by atoms with Gasteiger partial charge in [-0.25, -0.2) is 9.59 Å². The van der Waals surface area contributed by atoms with Crippen LogP contribution >= 0.6 is 23.5 Å². The third kappa shape index (κ3) is 5.48. The van der Waals surface area contributed by atoms with Gasteiger partial charge in [-0.2, -0.15) is 11.8 Å². The van der Waals surface area contributed by atoms with Gasteiger partial charge in [0.25, 0.3) is 0 Å². The second-order valence-corrected chi connectivity index (χ2v) is 7.30. The van der Waals surface area contributed by atoms with Crippen molar-refractivity contribution in [3.63, 3.8) is 0 Å². The highest BCUT2D eigenvalue weighted by atomic mass is 32.2.